The Bertz CT molecular complexity index is 1100. The van der Waals surface area contributed by atoms with Gasteiger partial charge in [-0.25, -0.2) is 12.8 Å². The van der Waals surface area contributed by atoms with Crippen LogP contribution in [0.2, 0.25) is 0 Å². The molecule has 3 aromatic rings. The lowest BCUT2D eigenvalue weighted by Gasteiger charge is -2.18. The van der Waals surface area contributed by atoms with Gasteiger partial charge < -0.3 is 10.1 Å². The monoisotopic (exact) mass is 434 g/mol. The second kappa shape index (κ2) is 8.62. The number of hydrogen-bond donors (Lipinski definition) is 1. The van der Waals surface area contributed by atoms with E-state index < -0.39 is 21.7 Å². The molecule has 0 aliphatic carbocycles. The van der Waals surface area contributed by atoms with Crippen molar-refractivity contribution >= 4 is 38.6 Å². The van der Waals surface area contributed by atoms with Crippen LogP contribution in [0.4, 0.5) is 15.8 Å². The number of halogens is 1. The molecular formula is C20H19FN2O4S2. The third-order valence-electron chi connectivity index (χ3n) is 4.15. The molecule has 0 bridgehead atoms. The van der Waals surface area contributed by atoms with Gasteiger partial charge in [-0.15, -0.1) is 11.3 Å². The maximum absolute atomic E-state index is 13.3. The van der Waals surface area contributed by atoms with Crippen LogP contribution in [0.25, 0.3) is 0 Å². The molecule has 0 saturated carbocycles. The van der Waals surface area contributed by atoms with Crippen LogP contribution >= 0.6 is 11.3 Å². The topological polar surface area (TPSA) is 75.7 Å². The van der Waals surface area contributed by atoms with Crippen LogP contribution < -0.4 is 14.4 Å². The highest BCUT2D eigenvalue weighted by molar-refractivity contribution is 7.94. The smallest absolute Gasteiger partial charge is 0.273 e. The fourth-order valence-corrected chi connectivity index (χ4v) is 4.86. The third-order valence-corrected chi connectivity index (χ3v) is 7.31. The maximum Gasteiger partial charge on any atom is 0.273 e. The van der Waals surface area contributed by atoms with Crippen molar-refractivity contribution in [2.75, 3.05) is 23.3 Å². The zero-order chi connectivity index (χ0) is 21.0. The van der Waals surface area contributed by atoms with Crippen LogP contribution in [0.3, 0.4) is 0 Å². The summed E-state index contributed by atoms with van der Waals surface area (Å²) in [4.78, 5) is 12.0. The summed E-state index contributed by atoms with van der Waals surface area (Å²) >= 11 is 1.15. The third kappa shape index (κ3) is 4.93. The van der Waals surface area contributed by atoms with Crippen molar-refractivity contribution in [2.24, 2.45) is 0 Å². The zero-order valence-corrected chi connectivity index (χ0v) is 17.4. The van der Waals surface area contributed by atoms with Crippen molar-refractivity contribution in [2.45, 2.75) is 11.1 Å². The van der Waals surface area contributed by atoms with Gasteiger partial charge in [0.05, 0.1) is 5.69 Å². The summed E-state index contributed by atoms with van der Waals surface area (Å²) < 4.78 is 45.3. The number of nitrogens with one attached hydrogen (secondary N) is 1. The second-order valence-electron chi connectivity index (χ2n) is 6.19. The molecule has 0 radical (unpaired) electrons. The normalized spacial score (nSPS) is 11.1. The van der Waals surface area contributed by atoms with Gasteiger partial charge >= 0.3 is 0 Å². The highest BCUT2D eigenvalue weighted by Gasteiger charge is 2.22. The molecule has 0 saturated heterocycles. The van der Waals surface area contributed by atoms with Crippen LogP contribution in [0.1, 0.15) is 5.56 Å². The number of sulfonamides is 1. The van der Waals surface area contributed by atoms with E-state index in [1.54, 1.807) is 54.8 Å². The average Bonchev–Trinajstić information content (AvgIpc) is 3.25. The van der Waals surface area contributed by atoms with Gasteiger partial charge in [-0.3, -0.25) is 9.10 Å². The Labute approximate surface area is 172 Å². The second-order valence-corrected chi connectivity index (χ2v) is 9.34. The van der Waals surface area contributed by atoms with Crippen LogP contribution in [-0.4, -0.2) is 28.0 Å². The minimum Gasteiger partial charge on any atom is -0.484 e. The van der Waals surface area contributed by atoms with E-state index in [1.807, 2.05) is 0 Å². The summed E-state index contributed by atoms with van der Waals surface area (Å²) in [7, 11) is -2.14. The fraction of sp³-hybridized carbons (Fsp3) is 0.150. The lowest BCUT2D eigenvalue weighted by molar-refractivity contribution is -0.118. The lowest BCUT2D eigenvalue weighted by Crippen LogP contribution is -2.25. The van der Waals surface area contributed by atoms with Gasteiger partial charge in [0, 0.05) is 12.7 Å². The van der Waals surface area contributed by atoms with Gasteiger partial charge in [0.25, 0.3) is 15.9 Å². The number of carbonyl (C=O) groups excluding carboxylic acids is 1. The predicted octanol–water partition coefficient (Wildman–Crippen LogP) is 4.04. The number of amides is 1. The molecule has 0 spiro atoms. The number of aryl methyl sites for hydroxylation is 1. The van der Waals surface area contributed by atoms with Gasteiger partial charge in [0.15, 0.2) is 6.61 Å². The van der Waals surface area contributed by atoms with E-state index in [9.17, 15) is 17.6 Å². The summed E-state index contributed by atoms with van der Waals surface area (Å²) in [6.07, 6.45) is 0. The molecule has 1 heterocycles. The first-order valence-corrected chi connectivity index (χ1v) is 10.9. The van der Waals surface area contributed by atoms with E-state index >= 15 is 0 Å². The van der Waals surface area contributed by atoms with Crippen LogP contribution in [0, 0.1) is 12.7 Å². The summed E-state index contributed by atoms with van der Waals surface area (Å²) in [6, 6.07) is 13.7. The molecule has 1 N–H and O–H groups in total. The Morgan fingerprint density at radius 2 is 1.90 bits per heavy atom. The Morgan fingerprint density at radius 3 is 2.55 bits per heavy atom. The molecule has 6 nitrogen and oxygen atoms in total. The standard InChI is InChI=1S/C20H19FN2O4S2/c1-14-5-6-15(21)12-18(14)22-19(24)13-27-17-9-7-16(8-10-17)23(2)29(25,26)20-4-3-11-28-20/h3-12H,13H2,1-2H3,(H,22,24). The fourth-order valence-electron chi connectivity index (χ4n) is 2.50. The molecule has 0 aliphatic rings. The minimum absolute atomic E-state index is 0.254. The van der Waals surface area contributed by atoms with Crippen molar-refractivity contribution < 1.29 is 22.3 Å². The number of carbonyl (C=O) groups is 1. The lowest BCUT2D eigenvalue weighted by atomic mass is 10.2. The number of thiophene rings is 1. The highest BCUT2D eigenvalue weighted by atomic mass is 32.2. The van der Waals surface area contributed by atoms with E-state index in [1.165, 1.54) is 23.5 Å². The van der Waals surface area contributed by atoms with Gasteiger partial charge in [-0.1, -0.05) is 12.1 Å². The molecule has 1 aromatic heterocycles. The van der Waals surface area contributed by atoms with Crippen LogP contribution in [0.15, 0.2) is 64.2 Å². The largest absolute Gasteiger partial charge is 0.484 e. The molecule has 29 heavy (non-hydrogen) atoms. The first-order chi connectivity index (χ1) is 13.8. The number of anilines is 2. The number of hydrogen-bond acceptors (Lipinski definition) is 5. The number of benzene rings is 2. The minimum atomic E-state index is -3.61. The molecular weight excluding hydrogens is 415 g/mol. The van der Waals surface area contributed by atoms with Crippen molar-refractivity contribution in [1.82, 2.24) is 0 Å². The van der Waals surface area contributed by atoms with Crippen molar-refractivity contribution in [3.05, 3.63) is 71.4 Å². The number of nitrogens with zero attached hydrogens (tertiary/aromatic N) is 1. The molecule has 0 atom stereocenters. The summed E-state index contributed by atoms with van der Waals surface area (Å²) in [5, 5.41) is 4.30. The number of rotatable bonds is 7. The van der Waals surface area contributed by atoms with E-state index in [0.29, 0.717) is 17.1 Å². The van der Waals surface area contributed by atoms with Gasteiger partial charge in [0.1, 0.15) is 15.8 Å². The average molecular weight is 435 g/mol. The first-order valence-electron chi connectivity index (χ1n) is 8.58. The van der Waals surface area contributed by atoms with Crippen LogP contribution in [-0.2, 0) is 14.8 Å². The van der Waals surface area contributed by atoms with E-state index in [-0.39, 0.29) is 10.8 Å². The van der Waals surface area contributed by atoms with Gasteiger partial charge in [-0.2, -0.15) is 0 Å². The van der Waals surface area contributed by atoms with Crippen molar-refractivity contribution in [1.29, 1.82) is 0 Å². The molecule has 1 amide bonds. The highest BCUT2D eigenvalue weighted by Crippen LogP contribution is 2.26. The summed E-state index contributed by atoms with van der Waals surface area (Å²) in [6.45, 7) is 1.49. The van der Waals surface area contributed by atoms with E-state index in [2.05, 4.69) is 5.32 Å². The van der Waals surface area contributed by atoms with Crippen LogP contribution in [0.5, 0.6) is 5.75 Å². The Hall–Kier alpha value is -2.91. The van der Waals surface area contributed by atoms with E-state index in [4.69, 9.17) is 4.74 Å². The Morgan fingerprint density at radius 1 is 1.17 bits per heavy atom. The SMILES string of the molecule is Cc1ccc(F)cc1NC(=O)COc1ccc(N(C)S(=O)(=O)c2cccs2)cc1. The summed E-state index contributed by atoms with van der Waals surface area (Å²) in [5.74, 6) is -0.467. The van der Waals surface area contributed by atoms with Crippen molar-refractivity contribution in [3.8, 4) is 5.75 Å². The van der Waals surface area contributed by atoms with Gasteiger partial charge in [-0.05, 0) is 60.3 Å². The van der Waals surface area contributed by atoms with Crippen molar-refractivity contribution in [3.63, 3.8) is 0 Å². The maximum atomic E-state index is 13.3. The molecule has 152 valence electrons. The molecule has 0 fully saturated rings. The molecule has 3 rings (SSSR count). The zero-order valence-electron chi connectivity index (χ0n) is 15.8. The molecule has 9 heteroatoms. The molecule has 2 aromatic carbocycles. The molecule has 0 aliphatic heterocycles. The number of ether oxygens (including phenoxy) is 1. The van der Waals surface area contributed by atoms with E-state index in [0.717, 1.165) is 16.9 Å². The predicted molar refractivity (Wildman–Crippen MR) is 112 cm³/mol. The first kappa shape index (κ1) is 20.8. The quantitative estimate of drug-likeness (QED) is 0.609. The summed E-state index contributed by atoms with van der Waals surface area (Å²) in [5.41, 5.74) is 1.58. The van der Waals surface area contributed by atoms with Gasteiger partial charge in [0.2, 0.25) is 0 Å². The Kier molecular flexibility index (Phi) is 6.19. The molecule has 0 unspecified atom stereocenters. The Balaban J connectivity index is 1.60.